The molecule has 0 N–H and O–H groups in total. The second kappa shape index (κ2) is 12.6. The standard InChI is InChI=1S/C32H33NO6S/c1-3-38-31(35)23-12-16-26(17-13-23)39-27-18-24-14-15-25(19-27)33(24)30(34)22-10-8-21(9-11-22)20-40-29-7-5-4-6-28(29)32(36)37-2/h4-13,16-17,24-25,27H,3,14-15,18-20H2,1-2H3/t24-,25+,27?. The number of carbonyl (C=O) groups is 3. The molecule has 8 heteroatoms. The average Bonchev–Trinajstić information content (AvgIpc) is 3.26. The van der Waals surface area contributed by atoms with Gasteiger partial charge in [0.2, 0.25) is 0 Å². The van der Waals surface area contributed by atoms with E-state index in [-0.39, 0.29) is 36.0 Å². The molecular formula is C32H33NO6S. The predicted molar refractivity (Wildman–Crippen MR) is 153 cm³/mol. The van der Waals surface area contributed by atoms with Crippen LogP contribution in [0.1, 0.15) is 69.2 Å². The third-order valence-electron chi connectivity index (χ3n) is 7.48. The summed E-state index contributed by atoms with van der Waals surface area (Å²) in [7, 11) is 1.38. The van der Waals surface area contributed by atoms with E-state index in [1.165, 1.54) is 7.11 Å². The van der Waals surface area contributed by atoms with Gasteiger partial charge >= 0.3 is 11.9 Å². The minimum atomic E-state index is -0.347. The Morgan fingerprint density at radius 3 is 2.15 bits per heavy atom. The number of hydrogen-bond donors (Lipinski definition) is 0. The number of nitrogens with zero attached hydrogens (tertiary/aromatic N) is 1. The van der Waals surface area contributed by atoms with Crippen molar-refractivity contribution in [1.29, 1.82) is 0 Å². The van der Waals surface area contributed by atoms with Crippen molar-refractivity contribution >= 4 is 29.6 Å². The zero-order valence-corrected chi connectivity index (χ0v) is 23.5. The van der Waals surface area contributed by atoms with Crippen molar-refractivity contribution in [3.05, 3.63) is 95.1 Å². The van der Waals surface area contributed by atoms with Crippen LogP contribution in [0.5, 0.6) is 5.75 Å². The fourth-order valence-electron chi connectivity index (χ4n) is 5.56. The Balaban J connectivity index is 1.17. The van der Waals surface area contributed by atoms with E-state index in [0.29, 0.717) is 29.1 Å². The van der Waals surface area contributed by atoms with E-state index in [0.717, 1.165) is 41.9 Å². The van der Waals surface area contributed by atoms with Gasteiger partial charge in [-0.3, -0.25) is 4.79 Å². The largest absolute Gasteiger partial charge is 0.490 e. The van der Waals surface area contributed by atoms with Gasteiger partial charge in [0.1, 0.15) is 11.9 Å². The molecule has 2 heterocycles. The summed E-state index contributed by atoms with van der Waals surface area (Å²) in [6, 6.07) is 22.5. The Morgan fingerprint density at radius 1 is 0.850 bits per heavy atom. The molecule has 7 nitrogen and oxygen atoms in total. The van der Waals surface area contributed by atoms with Gasteiger partial charge in [0.15, 0.2) is 0 Å². The Kier molecular flexibility index (Phi) is 8.75. The number of carbonyl (C=O) groups excluding carboxylic acids is 3. The molecule has 208 valence electrons. The maximum Gasteiger partial charge on any atom is 0.338 e. The highest BCUT2D eigenvalue weighted by Crippen LogP contribution is 2.38. The summed E-state index contributed by atoms with van der Waals surface area (Å²) in [5, 5.41) is 0. The van der Waals surface area contributed by atoms with E-state index in [9.17, 15) is 14.4 Å². The molecular weight excluding hydrogens is 526 g/mol. The minimum absolute atomic E-state index is 0.0299. The van der Waals surface area contributed by atoms with Crippen molar-refractivity contribution in [3.8, 4) is 5.75 Å². The molecule has 1 amide bonds. The van der Waals surface area contributed by atoms with Gasteiger partial charge in [-0.05, 0) is 73.9 Å². The zero-order valence-electron chi connectivity index (χ0n) is 22.7. The minimum Gasteiger partial charge on any atom is -0.490 e. The summed E-state index contributed by atoms with van der Waals surface area (Å²) in [6.45, 7) is 2.13. The molecule has 5 rings (SSSR count). The van der Waals surface area contributed by atoms with Crippen molar-refractivity contribution in [2.45, 2.75) is 61.4 Å². The topological polar surface area (TPSA) is 82.1 Å². The lowest BCUT2D eigenvalue weighted by atomic mass is 9.98. The van der Waals surface area contributed by atoms with Crippen molar-refractivity contribution in [1.82, 2.24) is 4.90 Å². The van der Waals surface area contributed by atoms with Crippen molar-refractivity contribution in [2.75, 3.05) is 13.7 Å². The van der Waals surface area contributed by atoms with Gasteiger partial charge in [-0.1, -0.05) is 24.3 Å². The number of piperidine rings is 1. The molecule has 0 aliphatic carbocycles. The Bertz CT molecular complexity index is 1340. The first-order valence-electron chi connectivity index (χ1n) is 13.6. The SMILES string of the molecule is CCOC(=O)c1ccc(OC2C[C@H]3CC[C@@H](C2)N3C(=O)c2ccc(CSc3ccccc3C(=O)OC)cc2)cc1. The van der Waals surface area contributed by atoms with Crippen molar-refractivity contribution < 1.29 is 28.6 Å². The normalized spacial score (nSPS) is 19.6. The van der Waals surface area contributed by atoms with Gasteiger partial charge in [0.25, 0.3) is 5.91 Å². The molecule has 0 spiro atoms. The summed E-state index contributed by atoms with van der Waals surface area (Å²) in [5.74, 6) is 0.784. The number of thioether (sulfide) groups is 1. The van der Waals surface area contributed by atoms with E-state index in [4.69, 9.17) is 14.2 Å². The van der Waals surface area contributed by atoms with Crippen LogP contribution >= 0.6 is 11.8 Å². The molecule has 3 aromatic rings. The van der Waals surface area contributed by atoms with Crippen LogP contribution in [0.25, 0.3) is 0 Å². The number of hydrogen-bond acceptors (Lipinski definition) is 7. The Labute approximate surface area is 238 Å². The third kappa shape index (κ3) is 6.17. The van der Waals surface area contributed by atoms with Gasteiger partial charge in [-0.15, -0.1) is 11.8 Å². The van der Waals surface area contributed by atoms with Crippen LogP contribution in [0.15, 0.2) is 77.7 Å². The van der Waals surface area contributed by atoms with E-state index in [1.807, 2.05) is 42.5 Å². The number of methoxy groups -OCH3 is 1. The number of rotatable bonds is 9. The monoisotopic (exact) mass is 559 g/mol. The van der Waals surface area contributed by atoms with E-state index < -0.39 is 0 Å². The lowest BCUT2D eigenvalue weighted by molar-refractivity contribution is 0.0358. The number of esters is 2. The molecule has 2 aliphatic rings. The molecule has 3 atom stereocenters. The highest BCUT2D eigenvalue weighted by Gasteiger charge is 2.44. The maximum atomic E-state index is 13.5. The van der Waals surface area contributed by atoms with Crippen LogP contribution in [-0.4, -0.2) is 54.7 Å². The van der Waals surface area contributed by atoms with Crippen LogP contribution in [-0.2, 0) is 15.2 Å². The quantitative estimate of drug-likeness (QED) is 0.230. The molecule has 1 unspecified atom stereocenters. The van der Waals surface area contributed by atoms with E-state index >= 15 is 0 Å². The number of amides is 1. The summed E-state index contributed by atoms with van der Waals surface area (Å²) >= 11 is 1.57. The molecule has 0 aromatic heterocycles. The molecule has 40 heavy (non-hydrogen) atoms. The Hall–Kier alpha value is -3.78. The molecule has 2 bridgehead atoms. The fraction of sp³-hybridized carbons (Fsp3) is 0.344. The highest BCUT2D eigenvalue weighted by atomic mass is 32.2. The first-order chi connectivity index (χ1) is 19.5. The van der Waals surface area contributed by atoms with Crippen molar-refractivity contribution in [3.63, 3.8) is 0 Å². The summed E-state index contributed by atoms with van der Waals surface area (Å²) < 4.78 is 16.2. The second-order valence-electron chi connectivity index (χ2n) is 10.0. The smallest absolute Gasteiger partial charge is 0.338 e. The van der Waals surface area contributed by atoms with E-state index in [2.05, 4.69) is 4.90 Å². The lowest BCUT2D eigenvalue weighted by Gasteiger charge is -2.39. The average molecular weight is 560 g/mol. The van der Waals surface area contributed by atoms with Gasteiger partial charge in [-0.2, -0.15) is 0 Å². The maximum absolute atomic E-state index is 13.5. The molecule has 0 saturated carbocycles. The van der Waals surface area contributed by atoms with Gasteiger partial charge in [0, 0.05) is 41.1 Å². The van der Waals surface area contributed by atoms with Crippen LogP contribution in [0.3, 0.4) is 0 Å². The second-order valence-corrected chi connectivity index (χ2v) is 11.0. The fourth-order valence-corrected chi connectivity index (χ4v) is 6.55. The van der Waals surface area contributed by atoms with Gasteiger partial charge in [0.05, 0.1) is 24.8 Å². The molecule has 0 radical (unpaired) electrons. The number of ether oxygens (including phenoxy) is 3. The lowest BCUT2D eigenvalue weighted by Crippen LogP contribution is -2.49. The number of benzene rings is 3. The molecule has 2 saturated heterocycles. The first-order valence-corrected chi connectivity index (χ1v) is 14.6. The Morgan fingerprint density at radius 2 is 1.50 bits per heavy atom. The summed E-state index contributed by atoms with van der Waals surface area (Å²) in [4.78, 5) is 40.4. The van der Waals surface area contributed by atoms with Crippen LogP contribution < -0.4 is 4.74 Å². The molecule has 3 aromatic carbocycles. The molecule has 2 aliphatic heterocycles. The highest BCUT2D eigenvalue weighted by molar-refractivity contribution is 7.98. The third-order valence-corrected chi connectivity index (χ3v) is 8.62. The first kappa shape index (κ1) is 27.8. The van der Waals surface area contributed by atoms with Crippen LogP contribution in [0, 0.1) is 0 Å². The molecule has 2 fully saturated rings. The van der Waals surface area contributed by atoms with Crippen molar-refractivity contribution in [2.24, 2.45) is 0 Å². The van der Waals surface area contributed by atoms with Crippen LogP contribution in [0.4, 0.5) is 0 Å². The van der Waals surface area contributed by atoms with Crippen LogP contribution in [0.2, 0.25) is 0 Å². The van der Waals surface area contributed by atoms with Gasteiger partial charge in [-0.25, -0.2) is 9.59 Å². The number of fused-ring (bicyclic) bond motifs is 2. The summed E-state index contributed by atoms with van der Waals surface area (Å²) in [5.41, 5.74) is 2.82. The van der Waals surface area contributed by atoms with E-state index in [1.54, 1.807) is 49.0 Å². The predicted octanol–water partition coefficient (Wildman–Crippen LogP) is 6.16. The zero-order chi connectivity index (χ0) is 28.1. The van der Waals surface area contributed by atoms with Gasteiger partial charge < -0.3 is 19.1 Å². The summed E-state index contributed by atoms with van der Waals surface area (Å²) in [6.07, 6.45) is 3.56.